The molecule has 3 nitrogen and oxygen atoms in total. The fourth-order valence-corrected chi connectivity index (χ4v) is 2.63. The van der Waals surface area contributed by atoms with E-state index in [0.29, 0.717) is 0 Å². The van der Waals surface area contributed by atoms with E-state index in [0.717, 1.165) is 29.9 Å². The second kappa shape index (κ2) is 6.80. The van der Waals surface area contributed by atoms with E-state index in [4.69, 9.17) is 9.47 Å². The summed E-state index contributed by atoms with van der Waals surface area (Å²) < 4.78 is 11.4. The SMILES string of the molecule is COc1ccc([C@@H](C)O)c(OC2CCCCCC2)c1. The maximum absolute atomic E-state index is 9.83. The molecule has 19 heavy (non-hydrogen) atoms. The molecule has 1 aromatic carbocycles. The van der Waals surface area contributed by atoms with Crippen LogP contribution in [0.15, 0.2) is 18.2 Å². The van der Waals surface area contributed by atoms with Gasteiger partial charge in [-0.05, 0) is 44.7 Å². The number of aliphatic hydroxyl groups excluding tert-OH is 1. The van der Waals surface area contributed by atoms with Gasteiger partial charge in [-0.2, -0.15) is 0 Å². The minimum absolute atomic E-state index is 0.270. The standard InChI is InChI=1S/C16H24O3/c1-12(17)15-10-9-14(18-2)11-16(15)19-13-7-5-3-4-6-8-13/h9-13,17H,3-8H2,1-2H3/t12-/m1/s1. The maximum Gasteiger partial charge on any atom is 0.129 e. The van der Waals surface area contributed by atoms with Crippen LogP contribution in [-0.2, 0) is 0 Å². The lowest BCUT2D eigenvalue weighted by molar-refractivity contribution is 0.161. The number of hydrogen-bond acceptors (Lipinski definition) is 3. The first-order valence-electron chi connectivity index (χ1n) is 7.23. The zero-order valence-corrected chi connectivity index (χ0v) is 11.9. The van der Waals surface area contributed by atoms with Crippen molar-refractivity contribution in [3.05, 3.63) is 23.8 Å². The van der Waals surface area contributed by atoms with Crippen LogP contribution in [0.4, 0.5) is 0 Å². The van der Waals surface area contributed by atoms with Crippen molar-refractivity contribution >= 4 is 0 Å². The van der Waals surface area contributed by atoms with E-state index >= 15 is 0 Å². The number of ether oxygens (including phenoxy) is 2. The van der Waals surface area contributed by atoms with E-state index in [1.54, 1.807) is 14.0 Å². The number of hydrogen-bond donors (Lipinski definition) is 1. The highest BCUT2D eigenvalue weighted by Crippen LogP contribution is 2.32. The first-order valence-corrected chi connectivity index (χ1v) is 7.23. The quantitative estimate of drug-likeness (QED) is 0.839. The average Bonchev–Trinajstić information content (AvgIpc) is 2.67. The Balaban J connectivity index is 2.16. The van der Waals surface area contributed by atoms with E-state index in [1.807, 2.05) is 18.2 Å². The Morgan fingerprint density at radius 3 is 2.42 bits per heavy atom. The van der Waals surface area contributed by atoms with Crippen LogP contribution in [0.25, 0.3) is 0 Å². The predicted octanol–water partition coefficient (Wildman–Crippen LogP) is 3.85. The lowest BCUT2D eigenvalue weighted by Crippen LogP contribution is -2.16. The Bertz CT molecular complexity index is 393. The van der Waals surface area contributed by atoms with Gasteiger partial charge in [0.15, 0.2) is 0 Å². The molecule has 0 amide bonds. The third-order valence-corrected chi connectivity index (χ3v) is 3.77. The summed E-state index contributed by atoms with van der Waals surface area (Å²) in [6, 6.07) is 5.63. The van der Waals surface area contributed by atoms with E-state index in [2.05, 4.69) is 0 Å². The number of aliphatic hydroxyl groups is 1. The van der Waals surface area contributed by atoms with Crippen LogP contribution in [0.1, 0.15) is 57.1 Å². The van der Waals surface area contributed by atoms with Gasteiger partial charge >= 0.3 is 0 Å². The van der Waals surface area contributed by atoms with E-state index in [-0.39, 0.29) is 6.10 Å². The van der Waals surface area contributed by atoms with Crippen molar-refractivity contribution in [1.82, 2.24) is 0 Å². The molecule has 3 heteroatoms. The van der Waals surface area contributed by atoms with Crippen molar-refractivity contribution in [3.8, 4) is 11.5 Å². The molecule has 2 rings (SSSR count). The third kappa shape index (κ3) is 3.87. The van der Waals surface area contributed by atoms with E-state index in [1.165, 1.54) is 25.7 Å². The molecule has 1 atom stereocenters. The topological polar surface area (TPSA) is 38.7 Å². The lowest BCUT2D eigenvalue weighted by Gasteiger charge is -2.21. The Hall–Kier alpha value is -1.22. The van der Waals surface area contributed by atoms with Gasteiger partial charge in [0.25, 0.3) is 0 Å². The molecular weight excluding hydrogens is 240 g/mol. The molecule has 106 valence electrons. The van der Waals surface area contributed by atoms with Crippen LogP contribution in [0.5, 0.6) is 11.5 Å². The van der Waals surface area contributed by atoms with Crippen molar-refractivity contribution in [1.29, 1.82) is 0 Å². The Kier molecular flexibility index (Phi) is 5.08. The highest BCUT2D eigenvalue weighted by molar-refractivity contribution is 5.42. The smallest absolute Gasteiger partial charge is 0.129 e. The highest BCUT2D eigenvalue weighted by atomic mass is 16.5. The molecule has 1 aliphatic rings. The van der Waals surface area contributed by atoms with Crippen LogP contribution in [0.3, 0.4) is 0 Å². The van der Waals surface area contributed by atoms with Gasteiger partial charge in [0, 0.05) is 11.6 Å². The second-order valence-electron chi connectivity index (χ2n) is 5.31. The molecule has 0 heterocycles. The number of methoxy groups -OCH3 is 1. The van der Waals surface area contributed by atoms with Gasteiger partial charge in [-0.3, -0.25) is 0 Å². The minimum atomic E-state index is -0.522. The van der Waals surface area contributed by atoms with E-state index in [9.17, 15) is 5.11 Å². The minimum Gasteiger partial charge on any atom is -0.497 e. The van der Waals surface area contributed by atoms with Crippen LogP contribution >= 0.6 is 0 Å². The molecule has 1 saturated carbocycles. The van der Waals surface area contributed by atoms with E-state index < -0.39 is 6.10 Å². The Labute approximate surface area is 115 Å². The molecule has 1 aliphatic carbocycles. The van der Waals surface area contributed by atoms with Gasteiger partial charge in [-0.25, -0.2) is 0 Å². The third-order valence-electron chi connectivity index (χ3n) is 3.77. The average molecular weight is 264 g/mol. The fourth-order valence-electron chi connectivity index (χ4n) is 2.63. The first kappa shape index (κ1) is 14.2. The Morgan fingerprint density at radius 2 is 1.84 bits per heavy atom. The summed E-state index contributed by atoms with van der Waals surface area (Å²) in [5.41, 5.74) is 0.838. The second-order valence-corrected chi connectivity index (χ2v) is 5.31. The molecule has 0 unspecified atom stereocenters. The summed E-state index contributed by atoms with van der Waals surface area (Å²) in [5.74, 6) is 1.54. The highest BCUT2D eigenvalue weighted by Gasteiger charge is 2.17. The van der Waals surface area contributed by atoms with Gasteiger partial charge in [-0.15, -0.1) is 0 Å². The van der Waals surface area contributed by atoms with Crippen molar-refractivity contribution in [2.24, 2.45) is 0 Å². The summed E-state index contributed by atoms with van der Waals surface area (Å²) in [7, 11) is 1.65. The molecule has 1 N–H and O–H groups in total. The molecule has 1 aromatic rings. The molecule has 0 aliphatic heterocycles. The molecule has 0 saturated heterocycles. The van der Waals surface area contributed by atoms with Crippen molar-refractivity contribution in [2.75, 3.05) is 7.11 Å². The maximum atomic E-state index is 9.83. The summed E-state index contributed by atoms with van der Waals surface area (Å²) >= 11 is 0. The van der Waals surface area contributed by atoms with Crippen LogP contribution in [0, 0.1) is 0 Å². The molecule has 1 fully saturated rings. The largest absolute Gasteiger partial charge is 0.497 e. The zero-order chi connectivity index (χ0) is 13.7. The first-order chi connectivity index (χ1) is 9.20. The van der Waals surface area contributed by atoms with Crippen LogP contribution in [0.2, 0.25) is 0 Å². The molecule has 0 radical (unpaired) electrons. The predicted molar refractivity (Wildman–Crippen MR) is 75.7 cm³/mol. The molecule has 0 spiro atoms. The number of rotatable bonds is 4. The lowest BCUT2D eigenvalue weighted by atomic mass is 10.1. The van der Waals surface area contributed by atoms with Crippen molar-refractivity contribution in [2.45, 2.75) is 57.7 Å². The summed E-state index contributed by atoms with van der Waals surface area (Å²) in [4.78, 5) is 0. The Morgan fingerprint density at radius 1 is 1.16 bits per heavy atom. The molecular formula is C16H24O3. The molecule has 0 bridgehead atoms. The van der Waals surface area contributed by atoms with Crippen molar-refractivity contribution in [3.63, 3.8) is 0 Å². The molecule has 0 aromatic heterocycles. The van der Waals surface area contributed by atoms with Crippen LogP contribution < -0.4 is 9.47 Å². The normalized spacial score (nSPS) is 18.7. The zero-order valence-electron chi connectivity index (χ0n) is 11.9. The number of benzene rings is 1. The van der Waals surface area contributed by atoms with Gasteiger partial charge in [0.05, 0.1) is 19.3 Å². The summed E-state index contributed by atoms with van der Waals surface area (Å²) in [5, 5.41) is 9.83. The van der Waals surface area contributed by atoms with Crippen LogP contribution in [-0.4, -0.2) is 18.3 Å². The van der Waals surface area contributed by atoms with Gasteiger partial charge in [-0.1, -0.05) is 12.8 Å². The monoisotopic (exact) mass is 264 g/mol. The summed E-state index contributed by atoms with van der Waals surface area (Å²) in [6.45, 7) is 1.77. The van der Waals surface area contributed by atoms with Crippen molar-refractivity contribution < 1.29 is 14.6 Å². The summed E-state index contributed by atoms with van der Waals surface area (Å²) in [6.07, 6.45) is 7.05. The van der Waals surface area contributed by atoms with Gasteiger partial charge in [0.1, 0.15) is 11.5 Å². The van der Waals surface area contributed by atoms with Gasteiger partial charge in [0.2, 0.25) is 0 Å². The van der Waals surface area contributed by atoms with Gasteiger partial charge < -0.3 is 14.6 Å². The fraction of sp³-hybridized carbons (Fsp3) is 0.625.